The van der Waals surface area contributed by atoms with Crippen molar-refractivity contribution in [1.82, 2.24) is 0 Å². The van der Waals surface area contributed by atoms with Crippen molar-refractivity contribution in [3.05, 3.63) is 45.2 Å². The highest BCUT2D eigenvalue weighted by atomic mass is 16.6. The number of nitro benzene ring substituents is 1. The Hall–Kier alpha value is -2.90. The van der Waals surface area contributed by atoms with E-state index >= 15 is 0 Å². The van der Waals surface area contributed by atoms with Gasteiger partial charge in [0.15, 0.2) is 0 Å². The lowest BCUT2D eigenvalue weighted by atomic mass is 10.0. The first kappa shape index (κ1) is 16.2. The highest BCUT2D eigenvalue weighted by Gasteiger charge is 2.26. The number of hydrogen-bond donors (Lipinski definition) is 1. The van der Waals surface area contributed by atoms with Gasteiger partial charge >= 0.3 is 11.9 Å². The Morgan fingerprint density at radius 1 is 1.24 bits per heavy atom. The molecule has 1 aromatic rings. The van der Waals surface area contributed by atoms with Gasteiger partial charge in [-0.05, 0) is 19.1 Å². The predicted octanol–water partition coefficient (Wildman–Crippen LogP) is 1.84. The van der Waals surface area contributed by atoms with E-state index in [0.29, 0.717) is 0 Å². The molecule has 0 unspecified atom stereocenters. The van der Waals surface area contributed by atoms with Crippen LogP contribution in [0.4, 0.5) is 5.69 Å². The van der Waals surface area contributed by atoms with Gasteiger partial charge in [-0.3, -0.25) is 10.1 Å². The van der Waals surface area contributed by atoms with E-state index in [-0.39, 0.29) is 16.7 Å². The number of carbonyl (C=O) groups is 2. The maximum atomic E-state index is 11.6. The van der Waals surface area contributed by atoms with Crippen LogP contribution < -0.4 is 0 Å². The number of ether oxygens (including phenoxy) is 2. The van der Waals surface area contributed by atoms with Gasteiger partial charge in [0.25, 0.3) is 5.69 Å². The van der Waals surface area contributed by atoms with E-state index in [2.05, 4.69) is 9.47 Å². The SMILES string of the molecule is COC(=O)/C(=C(/C)O)c1ccc(C(=O)OC)cc1[N+](=O)[O-]. The molecule has 0 aliphatic heterocycles. The summed E-state index contributed by atoms with van der Waals surface area (Å²) in [5.41, 5.74) is -1.07. The molecule has 0 spiro atoms. The maximum absolute atomic E-state index is 11.6. The Morgan fingerprint density at radius 2 is 1.86 bits per heavy atom. The van der Waals surface area contributed by atoms with E-state index < -0.39 is 28.3 Å². The molecule has 0 heterocycles. The second kappa shape index (κ2) is 6.51. The van der Waals surface area contributed by atoms with Gasteiger partial charge in [0.1, 0.15) is 11.3 Å². The molecule has 0 bridgehead atoms. The molecule has 1 aromatic carbocycles. The molecule has 0 fully saturated rings. The number of nitrogens with zero attached hydrogens (tertiary/aromatic N) is 1. The fourth-order valence-electron chi connectivity index (χ4n) is 1.69. The third kappa shape index (κ3) is 3.35. The molecule has 0 aliphatic carbocycles. The minimum Gasteiger partial charge on any atom is -0.512 e. The predicted molar refractivity (Wildman–Crippen MR) is 71.7 cm³/mol. The number of nitro groups is 1. The van der Waals surface area contributed by atoms with Crippen LogP contribution in [-0.2, 0) is 14.3 Å². The molecule has 8 nitrogen and oxygen atoms in total. The van der Waals surface area contributed by atoms with E-state index in [1.165, 1.54) is 19.1 Å². The second-order valence-corrected chi connectivity index (χ2v) is 3.93. The zero-order valence-electron chi connectivity index (χ0n) is 11.6. The molecule has 0 aliphatic rings. The lowest BCUT2D eigenvalue weighted by Crippen LogP contribution is -2.10. The Morgan fingerprint density at radius 3 is 2.29 bits per heavy atom. The van der Waals surface area contributed by atoms with Crippen molar-refractivity contribution in [3.63, 3.8) is 0 Å². The van der Waals surface area contributed by atoms with Gasteiger partial charge in [-0.15, -0.1) is 0 Å². The molecule has 0 radical (unpaired) electrons. The number of rotatable bonds is 4. The van der Waals surface area contributed by atoms with E-state index in [9.17, 15) is 24.8 Å². The van der Waals surface area contributed by atoms with Crippen LogP contribution in [0.25, 0.3) is 5.57 Å². The molecular weight excluding hydrogens is 282 g/mol. The number of carbonyl (C=O) groups excluding carboxylic acids is 2. The van der Waals surface area contributed by atoms with Crippen LogP contribution in [0.1, 0.15) is 22.8 Å². The lowest BCUT2D eigenvalue weighted by molar-refractivity contribution is -0.385. The lowest BCUT2D eigenvalue weighted by Gasteiger charge is -2.08. The van der Waals surface area contributed by atoms with Crippen LogP contribution in [0.5, 0.6) is 0 Å². The van der Waals surface area contributed by atoms with Crippen molar-refractivity contribution < 1.29 is 29.1 Å². The van der Waals surface area contributed by atoms with Crippen LogP contribution in [0.3, 0.4) is 0 Å². The molecule has 8 heteroatoms. The van der Waals surface area contributed by atoms with E-state index in [1.54, 1.807) is 0 Å². The average Bonchev–Trinajstić information content (AvgIpc) is 2.45. The van der Waals surface area contributed by atoms with Crippen LogP contribution in [0, 0.1) is 10.1 Å². The van der Waals surface area contributed by atoms with Gasteiger partial charge in [0.05, 0.1) is 30.3 Å². The molecule has 21 heavy (non-hydrogen) atoms. The summed E-state index contributed by atoms with van der Waals surface area (Å²) in [6.45, 7) is 1.20. The largest absolute Gasteiger partial charge is 0.512 e. The van der Waals surface area contributed by atoms with Gasteiger partial charge in [-0.25, -0.2) is 9.59 Å². The number of benzene rings is 1. The molecule has 0 saturated heterocycles. The van der Waals surface area contributed by atoms with Crippen molar-refractivity contribution in [3.8, 4) is 0 Å². The maximum Gasteiger partial charge on any atom is 0.342 e. The van der Waals surface area contributed by atoms with Crippen molar-refractivity contribution in [2.75, 3.05) is 14.2 Å². The molecular formula is C13H13NO7. The zero-order chi connectivity index (χ0) is 16.2. The smallest absolute Gasteiger partial charge is 0.342 e. The van der Waals surface area contributed by atoms with E-state index in [0.717, 1.165) is 20.3 Å². The molecule has 0 saturated carbocycles. The summed E-state index contributed by atoms with van der Waals surface area (Å²) in [5.74, 6) is -2.12. The van der Waals surface area contributed by atoms with Crippen LogP contribution in [-0.4, -0.2) is 36.2 Å². The summed E-state index contributed by atoms with van der Waals surface area (Å²) in [5, 5.41) is 20.7. The highest BCUT2D eigenvalue weighted by molar-refractivity contribution is 6.18. The van der Waals surface area contributed by atoms with Crippen LogP contribution >= 0.6 is 0 Å². The number of aliphatic hydroxyl groups is 1. The number of methoxy groups -OCH3 is 2. The number of esters is 2. The Labute approximate surface area is 119 Å². The van der Waals surface area contributed by atoms with Crippen molar-refractivity contribution >= 4 is 23.2 Å². The normalized spacial score (nSPS) is 11.4. The summed E-state index contributed by atoms with van der Waals surface area (Å²) < 4.78 is 8.96. The van der Waals surface area contributed by atoms with Crippen LogP contribution in [0.2, 0.25) is 0 Å². The molecule has 1 N–H and O–H groups in total. The third-order valence-electron chi connectivity index (χ3n) is 2.64. The first-order chi connectivity index (χ1) is 9.83. The van der Waals surface area contributed by atoms with Gasteiger partial charge in [0, 0.05) is 6.07 Å². The standard InChI is InChI=1S/C13H13NO7/c1-7(15)11(13(17)21-3)9-5-4-8(12(16)20-2)6-10(9)14(18)19/h4-6,15H,1-3H3/b11-7-. The molecule has 0 amide bonds. The number of hydrogen-bond acceptors (Lipinski definition) is 7. The number of aliphatic hydroxyl groups excluding tert-OH is 1. The third-order valence-corrected chi connectivity index (χ3v) is 2.64. The van der Waals surface area contributed by atoms with Gasteiger partial charge in [0.2, 0.25) is 0 Å². The first-order valence-electron chi connectivity index (χ1n) is 5.68. The molecule has 0 atom stereocenters. The van der Waals surface area contributed by atoms with E-state index in [4.69, 9.17) is 0 Å². The summed E-state index contributed by atoms with van der Waals surface area (Å²) >= 11 is 0. The summed E-state index contributed by atoms with van der Waals surface area (Å²) in [6.07, 6.45) is 0. The minimum atomic E-state index is -0.927. The monoisotopic (exact) mass is 295 g/mol. The first-order valence-corrected chi connectivity index (χ1v) is 5.68. The fraction of sp³-hybridized carbons (Fsp3) is 0.231. The average molecular weight is 295 g/mol. The van der Waals surface area contributed by atoms with Gasteiger partial charge in [-0.2, -0.15) is 0 Å². The summed E-state index contributed by atoms with van der Waals surface area (Å²) in [4.78, 5) is 33.4. The minimum absolute atomic E-state index is 0.0484. The Kier molecular flexibility index (Phi) is 5.01. The highest BCUT2D eigenvalue weighted by Crippen LogP contribution is 2.30. The molecule has 0 aromatic heterocycles. The van der Waals surface area contributed by atoms with Gasteiger partial charge in [-0.1, -0.05) is 0 Å². The quantitative estimate of drug-likeness (QED) is 0.296. The fourth-order valence-corrected chi connectivity index (χ4v) is 1.69. The van der Waals surface area contributed by atoms with Crippen molar-refractivity contribution in [2.45, 2.75) is 6.92 Å². The van der Waals surface area contributed by atoms with Crippen LogP contribution in [0.15, 0.2) is 24.0 Å². The molecule has 112 valence electrons. The second-order valence-electron chi connectivity index (χ2n) is 3.93. The Bertz CT molecular complexity index is 629. The van der Waals surface area contributed by atoms with Crippen molar-refractivity contribution in [1.29, 1.82) is 0 Å². The Balaban J connectivity index is 3.56. The summed E-state index contributed by atoms with van der Waals surface area (Å²) in [6, 6.07) is 3.39. The van der Waals surface area contributed by atoms with E-state index in [1.807, 2.05) is 0 Å². The van der Waals surface area contributed by atoms with Crippen molar-refractivity contribution in [2.24, 2.45) is 0 Å². The molecule has 1 rings (SSSR count). The number of allylic oxidation sites excluding steroid dienone is 1. The van der Waals surface area contributed by atoms with Gasteiger partial charge < -0.3 is 14.6 Å². The zero-order valence-corrected chi connectivity index (χ0v) is 11.6. The topological polar surface area (TPSA) is 116 Å². The summed E-state index contributed by atoms with van der Waals surface area (Å²) in [7, 11) is 2.22.